The number of rotatable bonds is 7. The van der Waals surface area contributed by atoms with Crippen molar-refractivity contribution >= 4 is 11.8 Å². The zero-order valence-corrected chi connectivity index (χ0v) is 11.4. The van der Waals surface area contributed by atoms with Crippen molar-refractivity contribution in [1.29, 1.82) is 0 Å². The van der Waals surface area contributed by atoms with Gasteiger partial charge in [-0.05, 0) is 19.9 Å². The Morgan fingerprint density at radius 3 is 2.94 bits per heavy atom. The van der Waals surface area contributed by atoms with Gasteiger partial charge in [0.2, 0.25) is 11.8 Å². The summed E-state index contributed by atoms with van der Waals surface area (Å²) < 4.78 is 4.86. The highest BCUT2D eigenvalue weighted by molar-refractivity contribution is 5.90. The van der Waals surface area contributed by atoms with Crippen LogP contribution in [0, 0.1) is 0 Å². The first kappa shape index (κ1) is 14.9. The Morgan fingerprint density at radius 1 is 1.61 bits per heavy atom. The summed E-state index contributed by atoms with van der Waals surface area (Å²) >= 11 is 0. The zero-order valence-electron chi connectivity index (χ0n) is 11.4. The lowest BCUT2D eigenvalue weighted by Crippen LogP contribution is -2.48. The molecule has 1 aliphatic heterocycles. The lowest BCUT2D eigenvalue weighted by atomic mass is 10.2. The summed E-state index contributed by atoms with van der Waals surface area (Å²) in [6, 6.07) is -0.553. The van der Waals surface area contributed by atoms with E-state index in [9.17, 15) is 9.59 Å². The van der Waals surface area contributed by atoms with Crippen molar-refractivity contribution < 1.29 is 14.3 Å². The van der Waals surface area contributed by atoms with Crippen LogP contribution in [0.4, 0.5) is 0 Å². The van der Waals surface area contributed by atoms with E-state index in [4.69, 9.17) is 4.74 Å². The monoisotopic (exact) mass is 257 g/mol. The molecule has 6 heteroatoms. The number of likely N-dealkylation sites (tertiary alicyclic amines) is 1. The van der Waals surface area contributed by atoms with Crippen LogP contribution in [0.3, 0.4) is 0 Å². The molecule has 1 rings (SSSR count). The summed E-state index contributed by atoms with van der Waals surface area (Å²) in [5, 5.41) is 5.88. The number of likely N-dealkylation sites (N-methyl/N-ethyl adjacent to an activating group) is 1. The predicted molar refractivity (Wildman–Crippen MR) is 68.1 cm³/mol. The van der Waals surface area contributed by atoms with Crippen molar-refractivity contribution in [2.45, 2.75) is 32.4 Å². The fourth-order valence-electron chi connectivity index (χ4n) is 2.09. The van der Waals surface area contributed by atoms with Gasteiger partial charge in [0.05, 0.1) is 12.6 Å². The van der Waals surface area contributed by atoms with Gasteiger partial charge in [-0.15, -0.1) is 0 Å². The van der Waals surface area contributed by atoms with Gasteiger partial charge in [-0.3, -0.25) is 9.59 Å². The maximum absolute atomic E-state index is 12.0. The molecule has 2 atom stereocenters. The third kappa shape index (κ3) is 3.68. The number of carbonyl (C=O) groups is 2. The van der Waals surface area contributed by atoms with Crippen LogP contribution in [0.5, 0.6) is 0 Å². The molecular formula is C12H23N3O3. The summed E-state index contributed by atoms with van der Waals surface area (Å²) in [5.74, 6) is -0.108. The first-order valence-corrected chi connectivity index (χ1v) is 6.42. The Bertz CT molecular complexity index is 296. The fraction of sp³-hybridized carbons (Fsp3) is 0.833. The van der Waals surface area contributed by atoms with Crippen molar-refractivity contribution in [3.63, 3.8) is 0 Å². The van der Waals surface area contributed by atoms with Gasteiger partial charge in [-0.25, -0.2) is 0 Å². The number of methoxy groups -OCH3 is 1. The van der Waals surface area contributed by atoms with E-state index in [1.807, 2.05) is 6.92 Å². The standard InChI is InChI=1S/C12H23N3O3/c1-4-13-10-5-7-15(12(10)17)9(2)11(16)14-6-8-18-3/h9-10,13H,4-8H2,1-3H3,(H,14,16). The van der Waals surface area contributed by atoms with Crippen molar-refractivity contribution in [1.82, 2.24) is 15.5 Å². The van der Waals surface area contributed by atoms with E-state index in [0.717, 1.165) is 13.0 Å². The molecule has 0 spiro atoms. The van der Waals surface area contributed by atoms with Crippen LogP contribution in [-0.2, 0) is 14.3 Å². The van der Waals surface area contributed by atoms with Crippen molar-refractivity contribution in [2.75, 3.05) is 33.4 Å². The molecule has 1 heterocycles. The Morgan fingerprint density at radius 2 is 2.33 bits per heavy atom. The number of hydrogen-bond donors (Lipinski definition) is 2. The number of ether oxygens (including phenoxy) is 1. The van der Waals surface area contributed by atoms with Crippen molar-refractivity contribution in [3.8, 4) is 0 Å². The largest absolute Gasteiger partial charge is 0.383 e. The first-order valence-electron chi connectivity index (χ1n) is 6.42. The van der Waals surface area contributed by atoms with Gasteiger partial charge in [0.25, 0.3) is 0 Å². The summed E-state index contributed by atoms with van der Waals surface area (Å²) in [4.78, 5) is 25.5. The third-order valence-electron chi connectivity index (χ3n) is 3.14. The van der Waals surface area contributed by atoms with Crippen LogP contribution in [-0.4, -0.2) is 62.1 Å². The minimum Gasteiger partial charge on any atom is -0.383 e. The molecule has 0 aromatic heterocycles. The van der Waals surface area contributed by atoms with Gasteiger partial charge >= 0.3 is 0 Å². The van der Waals surface area contributed by atoms with Crippen LogP contribution >= 0.6 is 0 Å². The van der Waals surface area contributed by atoms with Gasteiger partial charge in [0.15, 0.2) is 0 Å². The van der Waals surface area contributed by atoms with E-state index >= 15 is 0 Å². The molecule has 2 N–H and O–H groups in total. The number of nitrogens with one attached hydrogen (secondary N) is 2. The molecule has 0 bridgehead atoms. The summed E-state index contributed by atoms with van der Waals surface area (Å²) in [6.45, 7) is 6.07. The van der Waals surface area contributed by atoms with Crippen molar-refractivity contribution in [3.05, 3.63) is 0 Å². The molecule has 104 valence electrons. The molecule has 0 aromatic carbocycles. The number of amides is 2. The summed E-state index contributed by atoms with van der Waals surface area (Å²) in [6.07, 6.45) is 0.766. The molecule has 0 aliphatic carbocycles. The van der Waals surface area contributed by atoms with Gasteiger partial charge in [0.1, 0.15) is 6.04 Å². The minimum absolute atomic E-state index is 0.0197. The van der Waals surface area contributed by atoms with E-state index < -0.39 is 6.04 Å². The Balaban J connectivity index is 2.44. The fourth-order valence-corrected chi connectivity index (χ4v) is 2.09. The number of nitrogens with zero attached hydrogens (tertiary/aromatic N) is 1. The van der Waals surface area contributed by atoms with Gasteiger partial charge in [-0.2, -0.15) is 0 Å². The zero-order chi connectivity index (χ0) is 13.5. The molecule has 18 heavy (non-hydrogen) atoms. The lowest BCUT2D eigenvalue weighted by molar-refractivity contribution is -0.137. The quantitative estimate of drug-likeness (QED) is 0.595. The highest BCUT2D eigenvalue weighted by Gasteiger charge is 2.35. The van der Waals surface area contributed by atoms with Crippen LogP contribution in [0.1, 0.15) is 20.3 Å². The van der Waals surface area contributed by atoms with Crippen LogP contribution < -0.4 is 10.6 Å². The molecular weight excluding hydrogens is 234 g/mol. The Labute approximate surface area is 108 Å². The van der Waals surface area contributed by atoms with Crippen LogP contribution in [0.2, 0.25) is 0 Å². The molecule has 0 radical (unpaired) electrons. The van der Waals surface area contributed by atoms with E-state index in [1.54, 1.807) is 18.9 Å². The van der Waals surface area contributed by atoms with Crippen molar-refractivity contribution in [2.24, 2.45) is 0 Å². The van der Waals surface area contributed by atoms with Crippen LogP contribution in [0.25, 0.3) is 0 Å². The number of carbonyl (C=O) groups excluding carboxylic acids is 2. The second kappa shape index (κ2) is 7.33. The van der Waals surface area contributed by atoms with E-state index in [-0.39, 0.29) is 17.9 Å². The van der Waals surface area contributed by atoms with E-state index in [1.165, 1.54) is 0 Å². The maximum atomic E-state index is 12.0. The topological polar surface area (TPSA) is 70.7 Å². The highest BCUT2D eigenvalue weighted by atomic mass is 16.5. The molecule has 1 aliphatic rings. The smallest absolute Gasteiger partial charge is 0.242 e. The molecule has 1 saturated heterocycles. The molecule has 1 fully saturated rings. The highest BCUT2D eigenvalue weighted by Crippen LogP contribution is 2.14. The summed E-state index contributed by atoms with van der Waals surface area (Å²) in [5.41, 5.74) is 0. The van der Waals surface area contributed by atoms with Gasteiger partial charge in [0, 0.05) is 20.2 Å². The third-order valence-corrected chi connectivity index (χ3v) is 3.14. The van der Waals surface area contributed by atoms with Crippen LogP contribution in [0.15, 0.2) is 0 Å². The van der Waals surface area contributed by atoms with E-state index in [0.29, 0.717) is 19.7 Å². The Kier molecular flexibility index (Phi) is 6.07. The molecule has 2 unspecified atom stereocenters. The van der Waals surface area contributed by atoms with Gasteiger partial charge in [-0.1, -0.05) is 6.92 Å². The molecule has 6 nitrogen and oxygen atoms in total. The lowest BCUT2D eigenvalue weighted by Gasteiger charge is -2.24. The van der Waals surface area contributed by atoms with Gasteiger partial charge < -0.3 is 20.3 Å². The van der Waals surface area contributed by atoms with E-state index in [2.05, 4.69) is 10.6 Å². The second-order valence-corrected chi connectivity index (χ2v) is 4.39. The average molecular weight is 257 g/mol. The second-order valence-electron chi connectivity index (χ2n) is 4.39. The first-order chi connectivity index (χ1) is 8.61. The SMILES string of the molecule is CCNC1CCN(C(C)C(=O)NCCOC)C1=O. The average Bonchev–Trinajstić information content (AvgIpc) is 2.71. The molecule has 2 amide bonds. The Hall–Kier alpha value is -1.14. The maximum Gasteiger partial charge on any atom is 0.242 e. The minimum atomic E-state index is -0.419. The molecule has 0 aromatic rings. The normalized spacial score (nSPS) is 21.2. The number of hydrogen-bond acceptors (Lipinski definition) is 4. The summed E-state index contributed by atoms with van der Waals surface area (Å²) in [7, 11) is 1.58. The molecule has 0 saturated carbocycles. The predicted octanol–water partition coefficient (Wildman–Crippen LogP) is -0.652.